The lowest BCUT2D eigenvalue weighted by Gasteiger charge is -2.31. The van der Waals surface area contributed by atoms with Crippen molar-refractivity contribution in [3.8, 4) is 5.75 Å². The molecule has 2 heterocycles. The van der Waals surface area contributed by atoms with E-state index in [1.54, 1.807) is 31.3 Å². The van der Waals surface area contributed by atoms with E-state index in [4.69, 9.17) is 4.74 Å². The summed E-state index contributed by atoms with van der Waals surface area (Å²) in [7, 11) is 1.64. The highest BCUT2D eigenvalue weighted by Gasteiger charge is 2.34. The number of carbonyl (C=O) groups excluding carboxylic acids is 1. The number of carbonyl (C=O) groups is 1. The fraction of sp³-hybridized carbons (Fsp3) is 0.143. The second kappa shape index (κ2) is 4.86. The van der Waals surface area contributed by atoms with Crippen LogP contribution < -0.4 is 9.64 Å². The van der Waals surface area contributed by atoms with Crippen LogP contribution in [0.25, 0.3) is 0 Å². The van der Waals surface area contributed by atoms with Gasteiger partial charge < -0.3 is 4.74 Å². The molecule has 0 saturated carbocycles. The number of halogens is 2. The zero-order valence-electron chi connectivity index (χ0n) is 10.5. The lowest BCUT2D eigenvalue weighted by molar-refractivity contribution is -0.126. The largest absolute Gasteiger partial charge is 0.472 e. The van der Waals surface area contributed by atoms with Crippen molar-refractivity contribution in [3.63, 3.8) is 0 Å². The first-order valence-electron chi connectivity index (χ1n) is 5.92. The summed E-state index contributed by atoms with van der Waals surface area (Å²) >= 11 is 3.26. The van der Waals surface area contributed by atoms with Crippen LogP contribution in [0.2, 0.25) is 0 Å². The van der Waals surface area contributed by atoms with Gasteiger partial charge in [-0.1, -0.05) is 12.1 Å². The Bertz CT molecular complexity index is 675. The van der Waals surface area contributed by atoms with Gasteiger partial charge in [0.2, 0.25) is 6.10 Å². The summed E-state index contributed by atoms with van der Waals surface area (Å²) in [6, 6.07) is 9.19. The minimum absolute atomic E-state index is 0.241. The Labute approximate surface area is 123 Å². The summed E-state index contributed by atoms with van der Waals surface area (Å²) in [5.74, 6) is 0.387. The van der Waals surface area contributed by atoms with Gasteiger partial charge in [-0.25, -0.2) is 9.37 Å². The highest BCUT2D eigenvalue weighted by Crippen LogP contribution is 2.37. The van der Waals surface area contributed by atoms with Crippen molar-refractivity contribution in [3.05, 3.63) is 52.4 Å². The first kappa shape index (κ1) is 13.1. The van der Waals surface area contributed by atoms with Crippen molar-refractivity contribution < 1.29 is 13.9 Å². The normalized spacial score (nSPS) is 17.6. The fourth-order valence-corrected chi connectivity index (χ4v) is 2.35. The van der Waals surface area contributed by atoms with Crippen LogP contribution in [-0.4, -0.2) is 17.9 Å². The predicted molar refractivity (Wildman–Crippen MR) is 75.1 cm³/mol. The standard InChI is InChI=1S/C14H10BrFN2O2/c1-18-13-10(6-7-11(15)17-13)20-12(14(18)19)8-2-4-9(16)5-3-8/h2-7,12H,1H3. The molecule has 0 saturated heterocycles. The van der Waals surface area contributed by atoms with Crippen molar-refractivity contribution >= 4 is 27.7 Å². The highest BCUT2D eigenvalue weighted by atomic mass is 79.9. The average Bonchev–Trinajstić information content (AvgIpc) is 2.44. The molecule has 1 amide bonds. The number of rotatable bonds is 1. The number of fused-ring (bicyclic) bond motifs is 1. The maximum Gasteiger partial charge on any atom is 0.273 e. The number of hydrogen-bond donors (Lipinski definition) is 0. The molecule has 1 atom stereocenters. The Morgan fingerprint density at radius 3 is 2.65 bits per heavy atom. The molecule has 1 aliphatic heterocycles. The summed E-state index contributed by atoms with van der Waals surface area (Å²) in [5, 5.41) is 0. The molecule has 3 rings (SSSR count). The van der Waals surface area contributed by atoms with Crippen molar-refractivity contribution in [1.29, 1.82) is 0 Å². The van der Waals surface area contributed by atoms with Gasteiger partial charge in [-0.05, 0) is 40.2 Å². The maximum atomic E-state index is 13.0. The van der Waals surface area contributed by atoms with E-state index in [0.29, 0.717) is 21.7 Å². The Hall–Kier alpha value is -1.95. The topological polar surface area (TPSA) is 42.4 Å². The second-order valence-electron chi connectivity index (χ2n) is 4.40. The lowest BCUT2D eigenvalue weighted by atomic mass is 10.1. The van der Waals surface area contributed by atoms with Crippen LogP contribution in [-0.2, 0) is 4.79 Å². The Morgan fingerprint density at radius 1 is 1.25 bits per heavy atom. The number of hydrogen-bond acceptors (Lipinski definition) is 3. The molecule has 1 aromatic heterocycles. The van der Waals surface area contributed by atoms with Gasteiger partial charge in [0.15, 0.2) is 11.6 Å². The number of benzene rings is 1. The monoisotopic (exact) mass is 336 g/mol. The second-order valence-corrected chi connectivity index (χ2v) is 5.21. The van der Waals surface area contributed by atoms with Gasteiger partial charge in [0.1, 0.15) is 10.4 Å². The van der Waals surface area contributed by atoms with Gasteiger partial charge in [0.05, 0.1) is 0 Å². The molecule has 0 bridgehead atoms. The number of anilines is 1. The molecular weight excluding hydrogens is 327 g/mol. The Morgan fingerprint density at radius 2 is 1.95 bits per heavy atom. The Kier molecular flexibility index (Phi) is 3.17. The van der Waals surface area contributed by atoms with Gasteiger partial charge >= 0.3 is 0 Å². The minimum atomic E-state index is -0.781. The number of pyridine rings is 1. The highest BCUT2D eigenvalue weighted by molar-refractivity contribution is 9.10. The van der Waals surface area contributed by atoms with E-state index in [0.717, 1.165) is 0 Å². The molecule has 0 fully saturated rings. The van der Waals surface area contributed by atoms with Crippen LogP contribution in [0, 0.1) is 5.82 Å². The zero-order valence-corrected chi connectivity index (χ0v) is 12.1. The molecule has 1 unspecified atom stereocenters. The van der Waals surface area contributed by atoms with Crippen LogP contribution in [0.1, 0.15) is 11.7 Å². The SMILES string of the molecule is CN1C(=O)C(c2ccc(F)cc2)Oc2ccc(Br)nc21. The van der Waals surface area contributed by atoms with Crippen molar-refractivity contribution in [1.82, 2.24) is 4.98 Å². The van der Waals surface area contributed by atoms with E-state index in [9.17, 15) is 9.18 Å². The molecule has 4 nitrogen and oxygen atoms in total. The van der Waals surface area contributed by atoms with Crippen LogP contribution in [0.3, 0.4) is 0 Å². The molecule has 20 heavy (non-hydrogen) atoms. The first-order valence-corrected chi connectivity index (χ1v) is 6.72. The molecule has 1 aliphatic rings. The van der Waals surface area contributed by atoms with Gasteiger partial charge in [-0.15, -0.1) is 0 Å². The molecule has 0 spiro atoms. The van der Waals surface area contributed by atoms with Crippen molar-refractivity contribution in [2.24, 2.45) is 0 Å². The smallest absolute Gasteiger partial charge is 0.273 e. The summed E-state index contributed by atoms with van der Waals surface area (Å²) < 4.78 is 19.3. The van der Waals surface area contributed by atoms with Gasteiger partial charge in [0, 0.05) is 12.6 Å². The lowest BCUT2D eigenvalue weighted by Crippen LogP contribution is -2.39. The number of likely N-dealkylation sites (N-methyl/N-ethyl adjacent to an activating group) is 1. The van der Waals surface area contributed by atoms with Gasteiger partial charge in [-0.2, -0.15) is 0 Å². The van der Waals surface area contributed by atoms with Crippen LogP contribution >= 0.6 is 15.9 Å². The van der Waals surface area contributed by atoms with Crippen LogP contribution in [0.4, 0.5) is 10.2 Å². The van der Waals surface area contributed by atoms with Crippen molar-refractivity contribution in [2.45, 2.75) is 6.10 Å². The maximum absolute atomic E-state index is 13.0. The van der Waals surface area contributed by atoms with E-state index in [-0.39, 0.29) is 11.7 Å². The minimum Gasteiger partial charge on any atom is -0.472 e. The molecule has 102 valence electrons. The Balaban J connectivity index is 2.02. The molecule has 0 radical (unpaired) electrons. The summed E-state index contributed by atoms with van der Waals surface area (Å²) in [6.45, 7) is 0. The average molecular weight is 337 g/mol. The number of aromatic nitrogens is 1. The van der Waals surface area contributed by atoms with E-state index < -0.39 is 6.10 Å². The van der Waals surface area contributed by atoms with E-state index >= 15 is 0 Å². The molecular formula is C14H10BrFN2O2. The number of ether oxygens (including phenoxy) is 1. The third-order valence-corrected chi connectivity index (χ3v) is 3.54. The van der Waals surface area contributed by atoms with Gasteiger partial charge in [-0.3, -0.25) is 9.69 Å². The third kappa shape index (κ3) is 2.16. The van der Waals surface area contributed by atoms with Crippen LogP contribution in [0.5, 0.6) is 5.75 Å². The first-order chi connectivity index (χ1) is 9.56. The molecule has 6 heteroatoms. The molecule has 0 aliphatic carbocycles. The van der Waals surface area contributed by atoms with Crippen LogP contribution in [0.15, 0.2) is 41.0 Å². The number of nitrogens with zero attached hydrogens (tertiary/aromatic N) is 2. The van der Waals surface area contributed by atoms with E-state index in [1.165, 1.54) is 17.0 Å². The summed E-state index contributed by atoms with van der Waals surface area (Å²) in [6.07, 6.45) is -0.781. The van der Waals surface area contributed by atoms with E-state index in [1.807, 2.05) is 0 Å². The summed E-state index contributed by atoms with van der Waals surface area (Å²) in [5.41, 5.74) is 0.608. The molecule has 1 aromatic carbocycles. The summed E-state index contributed by atoms with van der Waals surface area (Å²) in [4.78, 5) is 18.0. The third-order valence-electron chi connectivity index (χ3n) is 3.10. The molecule has 0 N–H and O–H groups in total. The van der Waals surface area contributed by atoms with Crippen molar-refractivity contribution in [2.75, 3.05) is 11.9 Å². The van der Waals surface area contributed by atoms with E-state index in [2.05, 4.69) is 20.9 Å². The predicted octanol–water partition coefficient (Wildman–Crippen LogP) is 3.08. The fourth-order valence-electron chi connectivity index (χ4n) is 2.05. The quantitative estimate of drug-likeness (QED) is 0.751. The zero-order chi connectivity index (χ0) is 14.3. The number of amides is 1. The van der Waals surface area contributed by atoms with Gasteiger partial charge in [0.25, 0.3) is 5.91 Å². The molecule has 2 aromatic rings.